The lowest BCUT2D eigenvalue weighted by atomic mass is 10.0. The van der Waals surface area contributed by atoms with Crippen molar-refractivity contribution in [2.45, 2.75) is 18.6 Å². The van der Waals surface area contributed by atoms with E-state index in [0.717, 1.165) is 5.56 Å². The van der Waals surface area contributed by atoms with E-state index in [4.69, 9.17) is 5.73 Å². The van der Waals surface area contributed by atoms with Crippen LogP contribution in [0.4, 0.5) is 4.79 Å². The molecule has 2 saturated heterocycles. The summed E-state index contributed by atoms with van der Waals surface area (Å²) in [6, 6.07) is 2.35. The third kappa shape index (κ3) is 4.07. The molecule has 3 amide bonds. The third-order valence-corrected chi connectivity index (χ3v) is 6.33. The summed E-state index contributed by atoms with van der Waals surface area (Å²) >= 11 is 0. The van der Waals surface area contributed by atoms with E-state index >= 15 is 0 Å². The summed E-state index contributed by atoms with van der Waals surface area (Å²) in [5.74, 6) is -0.332. The fourth-order valence-corrected chi connectivity index (χ4v) is 5.53. The fourth-order valence-electron chi connectivity index (χ4n) is 3.52. The number of nitrogens with zero attached hydrogens (tertiary/aromatic N) is 3. The molecule has 3 heterocycles. The SMILES string of the molecule is NC(=O)NCC(=O)N1CCN(Cc2cccnc2)[C@@H]2CS(=O)(=O)C[C@@H]21. The second-order valence-electron chi connectivity index (χ2n) is 6.35. The Bertz CT molecular complexity index is 754. The van der Waals surface area contributed by atoms with Crippen LogP contribution < -0.4 is 11.1 Å². The minimum absolute atomic E-state index is 0.0327. The molecule has 1 aromatic heterocycles. The van der Waals surface area contributed by atoms with Crippen molar-refractivity contribution in [1.82, 2.24) is 20.1 Å². The number of hydrogen-bond acceptors (Lipinski definition) is 6. The molecular formula is C15H21N5O4S. The molecule has 136 valence electrons. The van der Waals surface area contributed by atoms with Crippen LogP contribution >= 0.6 is 0 Å². The Morgan fingerprint density at radius 2 is 2.04 bits per heavy atom. The molecule has 9 nitrogen and oxygen atoms in total. The maximum absolute atomic E-state index is 12.4. The summed E-state index contributed by atoms with van der Waals surface area (Å²) in [6.07, 6.45) is 3.45. The van der Waals surface area contributed by atoms with E-state index in [2.05, 4.69) is 15.2 Å². The normalized spacial score (nSPS) is 25.4. The first-order valence-corrected chi connectivity index (χ1v) is 9.84. The van der Waals surface area contributed by atoms with E-state index in [-0.39, 0.29) is 30.0 Å². The number of hydrogen-bond donors (Lipinski definition) is 2. The maximum Gasteiger partial charge on any atom is 0.312 e. The lowest BCUT2D eigenvalue weighted by Crippen LogP contribution is -2.61. The molecule has 25 heavy (non-hydrogen) atoms. The van der Waals surface area contributed by atoms with Crippen LogP contribution in [0.5, 0.6) is 0 Å². The molecule has 3 N–H and O–H groups in total. The molecule has 0 unspecified atom stereocenters. The fraction of sp³-hybridized carbons (Fsp3) is 0.533. The van der Waals surface area contributed by atoms with Gasteiger partial charge in [-0.15, -0.1) is 0 Å². The topological polar surface area (TPSA) is 126 Å². The minimum Gasteiger partial charge on any atom is -0.352 e. The van der Waals surface area contributed by atoms with Gasteiger partial charge in [-0.3, -0.25) is 14.7 Å². The Morgan fingerprint density at radius 3 is 2.72 bits per heavy atom. The monoisotopic (exact) mass is 367 g/mol. The number of sulfone groups is 1. The predicted molar refractivity (Wildman–Crippen MR) is 90.2 cm³/mol. The highest BCUT2D eigenvalue weighted by Crippen LogP contribution is 2.28. The number of nitrogens with one attached hydrogen (secondary N) is 1. The molecular weight excluding hydrogens is 346 g/mol. The van der Waals surface area contributed by atoms with E-state index in [1.54, 1.807) is 17.3 Å². The molecule has 10 heteroatoms. The van der Waals surface area contributed by atoms with Gasteiger partial charge in [0.1, 0.15) is 0 Å². The molecule has 2 fully saturated rings. The Labute approximate surface area is 146 Å². The van der Waals surface area contributed by atoms with E-state index in [1.807, 2.05) is 12.1 Å². The number of nitrogens with two attached hydrogens (primary N) is 1. The predicted octanol–water partition coefficient (Wildman–Crippen LogP) is -1.44. The summed E-state index contributed by atoms with van der Waals surface area (Å²) < 4.78 is 24.3. The van der Waals surface area contributed by atoms with E-state index in [1.165, 1.54) is 0 Å². The van der Waals surface area contributed by atoms with Gasteiger partial charge in [-0.25, -0.2) is 13.2 Å². The van der Waals surface area contributed by atoms with Gasteiger partial charge in [-0.1, -0.05) is 6.07 Å². The van der Waals surface area contributed by atoms with Crippen LogP contribution in [0.15, 0.2) is 24.5 Å². The molecule has 1 aromatic rings. The highest BCUT2D eigenvalue weighted by molar-refractivity contribution is 7.91. The van der Waals surface area contributed by atoms with Crippen molar-refractivity contribution in [1.29, 1.82) is 0 Å². The number of piperazine rings is 1. The van der Waals surface area contributed by atoms with Crippen molar-refractivity contribution >= 4 is 21.8 Å². The van der Waals surface area contributed by atoms with Crippen LogP contribution in [0.2, 0.25) is 0 Å². The smallest absolute Gasteiger partial charge is 0.312 e. The van der Waals surface area contributed by atoms with Gasteiger partial charge in [0.05, 0.1) is 24.1 Å². The Morgan fingerprint density at radius 1 is 1.28 bits per heavy atom. The van der Waals surface area contributed by atoms with Crippen LogP contribution in [-0.4, -0.2) is 78.4 Å². The zero-order chi connectivity index (χ0) is 18.0. The molecule has 0 radical (unpaired) electrons. The number of urea groups is 1. The zero-order valence-corrected chi connectivity index (χ0v) is 14.5. The van der Waals surface area contributed by atoms with Crippen LogP contribution in [0, 0.1) is 0 Å². The van der Waals surface area contributed by atoms with Crippen molar-refractivity contribution in [2.24, 2.45) is 5.73 Å². The van der Waals surface area contributed by atoms with Gasteiger partial charge in [-0.05, 0) is 11.6 Å². The van der Waals surface area contributed by atoms with Crippen molar-refractivity contribution in [3.05, 3.63) is 30.1 Å². The first kappa shape index (κ1) is 17.6. The molecule has 3 rings (SSSR count). The minimum atomic E-state index is -3.21. The first-order chi connectivity index (χ1) is 11.9. The highest BCUT2D eigenvalue weighted by Gasteiger charge is 2.47. The number of rotatable bonds is 4. The molecule has 2 atom stereocenters. The zero-order valence-electron chi connectivity index (χ0n) is 13.7. The van der Waals surface area contributed by atoms with Crippen LogP contribution in [0.1, 0.15) is 5.56 Å². The largest absolute Gasteiger partial charge is 0.352 e. The first-order valence-electron chi connectivity index (χ1n) is 8.02. The summed E-state index contributed by atoms with van der Waals surface area (Å²) in [4.78, 5) is 30.9. The van der Waals surface area contributed by atoms with Crippen molar-refractivity contribution < 1.29 is 18.0 Å². The van der Waals surface area contributed by atoms with E-state index < -0.39 is 21.9 Å². The number of carbonyl (C=O) groups excluding carboxylic acids is 2. The van der Waals surface area contributed by atoms with Gasteiger partial charge in [0, 0.05) is 38.1 Å². The summed E-state index contributed by atoms with van der Waals surface area (Å²) in [5, 5.41) is 2.27. The summed E-state index contributed by atoms with van der Waals surface area (Å²) in [5.41, 5.74) is 6.00. The molecule has 0 spiro atoms. The average Bonchev–Trinajstić information content (AvgIpc) is 2.89. The number of carbonyl (C=O) groups is 2. The Balaban J connectivity index is 1.75. The number of fused-ring (bicyclic) bond motifs is 1. The van der Waals surface area contributed by atoms with Gasteiger partial charge in [0.15, 0.2) is 9.84 Å². The second kappa shape index (κ2) is 6.96. The Kier molecular flexibility index (Phi) is 4.91. The second-order valence-corrected chi connectivity index (χ2v) is 8.50. The van der Waals surface area contributed by atoms with E-state index in [9.17, 15) is 18.0 Å². The van der Waals surface area contributed by atoms with Gasteiger partial charge in [0.2, 0.25) is 5.91 Å². The number of amides is 3. The highest BCUT2D eigenvalue weighted by atomic mass is 32.2. The molecule has 0 aromatic carbocycles. The Hall–Kier alpha value is -2.20. The van der Waals surface area contributed by atoms with Crippen molar-refractivity contribution in [3.8, 4) is 0 Å². The molecule has 0 saturated carbocycles. The van der Waals surface area contributed by atoms with Crippen LogP contribution in [0.3, 0.4) is 0 Å². The number of aromatic nitrogens is 1. The number of pyridine rings is 1. The van der Waals surface area contributed by atoms with Crippen LogP contribution in [0.25, 0.3) is 0 Å². The van der Waals surface area contributed by atoms with Crippen LogP contribution in [-0.2, 0) is 21.2 Å². The molecule has 2 aliphatic heterocycles. The lowest BCUT2D eigenvalue weighted by Gasteiger charge is -2.44. The van der Waals surface area contributed by atoms with Gasteiger partial charge in [0.25, 0.3) is 0 Å². The van der Waals surface area contributed by atoms with Crippen molar-refractivity contribution in [2.75, 3.05) is 31.1 Å². The summed E-state index contributed by atoms with van der Waals surface area (Å²) in [6.45, 7) is 1.34. The molecule has 2 aliphatic rings. The standard InChI is InChI=1S/C15H21N5O4S/c16-15(22)18-7-14(21)20-5-4-19(8-11-2-1-3-17-6-11)12-9-25(23,24)10-13(12)20/h1-3,6,12-13H,4-5,7-10H2,(H3,16,18,22)/t12-,13+/m1/s1. The molecule has 0 aliphatic carbocycles. The summed E-state index contributed by atoms with van der Waals surface area (Å²) in [7, 11) is -3.21. The average molecular weight is 367 g/mol. The van der Waals surface area contributed by atoms with Gasteiger partial charge < -0.3 is 16.0 Å². The van der Waals surface area contributed by atoms with Gasteiger partial charge >= 0.3 is 6.03 Å². The quantitative estimate of drug-likeness (QED) is 0.671. The number of primary amides is 1. The third-order valence-electron chi connectivity index (χ3n) is 4.63. The maximum atomic E-state index is 12.4. The lowest BCUT2D eigenvalue weighted by molar-refractivity contribution is -0.135. The van der Waals surface area contributed by atoms with Gasteiger partial charge in [-0.2, -0.15) is 0 Å². The molecule has 0 bridgehead atoms. The van der Waals surface area contributed by atoms with Crippen molar-refractivity contribution in [3.63, 3.8) is 0 Å². The van der Waals surface area contributed by atoms with E-state index in [0.29, 0.717) is 19.6 Å².